The van der Waals surface area contributed by atoms with E-state index >= 15 is 0 Å². The third-order valence-corrected chi connectivity index (χ3v) is 10.3. The number of rotatable bonds is 15. The van der Waals surface area contributed by atoms with Crippen molar-refractivity contribution >= 4 is 29.1 Å². The summed E-state index contributed by atoms with van der Waals surface area (Å²) in [5, 5.41) is 5.03. The predicted octanol–water partition coefficient (Wildman–Crippen LogP) is 6.04. The first kappa shape index (κ1) is 34.8. The van der Waals surface area contributed by atoms with E-state index in [-0.39, 0.29) is 23.3 Å². The van der Waals surface area contributed by atoms with Crippen molar-refractivity contribution in [2.75, 3.05) is 20.6 Å². The van der Waals surface area contributed by atoms with E-state index in [1.54, 1.807) is 25.4 Å². The molecule has 3 amide bonds. The molecule has 250 valence electrons. The molecule has 3 N–H and O–H groups in total. The molecule has 1 aliphatic rings. The molecular weight excluding hydrogens is 617 g/mol. The molecule has 0 radical (unpaired) electrons. The van der Waals surface area contributed by atoms with Crippen molar-refractivity contribution in [3.63, 3.8) is 0 Å². The molecule has 0 bridgehead atoms. The smallest absolute Gasteiger partial charge is 0.246 e. The maximum Gasteiger partial charge on any atom is 0.246 e. The average molecular weight is 663 g/mol. The molecule has 1 heterocycles. The molecule has 7 nitrogen and oxygen atoms in total. The van der Waals surface area contributed by atoms with Gasteiger partial charge < -0.3 is 20.9 Å². The fourth-order valence-electron chi connectivity index (χ4n) is 6.08. The van der Waals surface area contributed by atoms with E-state index in [1.165, 1.54) is 15.9 Å². The molecule has 1 fully saturated rings. The summed E-state index contributed by atoms with van der Waals surface area (Å²) in [6, 6.07) is 30.5. The molecule has 2 unspecified atom stereocenters. The highest BCUT2D eigenvalue weighted by atomic mass is 32.1. The number of nitrogens with two attached hydrogens (primary N) is 1. The molecule has 8 heteroatoms. The van der Waals surface area contributed by atoms with E-state index in [0.717, 1.165) is 46.4 Å². The predicted molar refractivity (Wildman–Crippen MR) is 194 cm³/mol. The third-order valence-electron chi connectivity index (χ3n) is 9.37. The number of hydrogen-bond donors (Lipinski definition) is 2. The first-order valence-electron chi connectivity index (χ1n) is 16.7. The number of nitrogens with zero attached hydrogens (tertiary/aromatic N) is 2. The Labute approximate surface area is 288 Å². The lowest BCUT2D eigenvalue weighted by molar-refractivity contribution is -0.146. The highest BCUT2D eigenvalue weighted by Gasteiger charge is 2.35. The van der Waals surface area contributed by atoms with Gasteiger partial charge in [0.05, 0.1) is 0 Å². The van der Waals surface area contributed by atoms with Crippen LogP contribution in [0.3, 0.4) is 0 Å². The molecule has 0 spiro atoms. The van der Waals surface area contributed by atoms with Gasteiger partial charge in [0.1, 0.15) is 12.1 Å². The topological polar surface area (TPSA) is 95.7 Å². The second kappa shape index (κ2) is 16.5. The lowest BCUT2D eigenvalue weighted by atomic mass is 9.75. The molecular formula is C40H46N4O3S. The van der Waals surface area contributed by atoms with Crippen LogP contribution in [0.25, 0.3) is 11.1 Å². The van der Waals surface area contributed by atoms with E-state index in [1.807, 2.05) is 96.4 Å². The molecule has 2 atom stereocenters. The minimum Gasteiger partial charge on any atom is -0.354 e. The average Bonchev–Trinajstić information content (AvgIpc) is 3.62. The zero-order valence-electron chi connectivity index (χ0n) is 27.9. The van der Waals surface area contributed by atoms with Crippen LogP contribution in [-0.4, -0.2) is 65.8 Å². The summed E-state index contributed by atoms with van der Waals surface area (Å²) >= 11 is 1.56. The van der Waals surface area contributed by atoms with E-state index in [4.69, 9.17) is 5.73 Å². The van der Waals surface area contributed by atoms with Crippen LogP contribution in [0.4, 0.5) is 0 Å². The van der Waals surface area contributed by atoms with Crippen LogP contribution in [-0.2, 0) is 33.6 Å². The van der Waals surface area contributed by atoms with Crippen LogP contribution in [0, 0.1) is 0 Å². The van der Waals surface area contributed by atoms with Gasteiger partial charge in [-0.2, -0.15) is 0 Å². The summed E-state index contributed by atoms with van der Waals surface area (Å²) in [6.07, 6.45) is 8.36. The molecule has 48 heavy (non-hydrogen) atoms. The highest BCUT2D eigenvalue weighted by Crippen LogP contribution is 2.32. The number of benzene rings is 3. The van der Waals surface area contributed by atoms with Crippen LogP contribution in [0.15, 0.2) is 115 Å². The van der Waals surface area contributed by atoms with Crippen molar-refractivity contribution in [1.29, 1.82) is 0 Å². The fraction of sp³-hybridized carbons (Fsp3) is 0.325. The van der Waals surface area contributed by atoms with Crippen LogP contribution >= 0.6 is 11.3 Å². The Balaban J connectivity index is 1.36. The van der Waals surface area contributed by atoms with Gasteiger partial charge in [-0.3, -0.25) is 14.4 Å². The summed E-state index contributed by atoms with van der Waals surface area (Å²) < 4.78 is 0. The zero-order chi connectivity index (χ0) is 33.9. The van der Waals surface area contributed by atoms with Crippen LogP contribution in [0.2, 0.25) is 0 Å². The van der Waals surface area contributed by atoms with Crippen molar-refractivity contribution in [3.8, 4) is 11.1 Å². The van der Waals surface area contributed by atoms with Crippen molar-refractivity contribution in [3.05, 3.63) is 131 Å². The van der Waals surface area contributed by atoms with Gasteiger partial charge in [-0.25, -0.2) is 0 Å². The largest absolute Gasteiger partial charge is 0.354 e. The normalized spacial score (nSPS) is 14.9. The molecule has 3 aromatic carbocycles. The van der Waals surface area contributed by atoms with E-state index in [0.29, 0.717) is 32.2 Å². The molecule has 5 rings (SSSR count). The minimum absolute atomic E-state index is 0.219. The Bertz CT molecular complexity index is 1650. The first-order chi connectivity index (χ1) is 23.2. The minimum atomic E-state index is -0.826. The lowest BCUT2D eigenvalue weighted by Gasteiger charge is -2.37. The molecule has 1 saturated carbocycles. The Hall–Kier alpha value is -4.53. The van der Waals surface area contributed by atoms with Gasteiger partial charge in [-0.05, 0) is 71.9 Å². The van der Waals surface area contributed by atoms with Crippen LogP contribution in [0.5, 0.6) is 0 Å². The highest BCUT2D eigenvalue weighted by molar-refractivity contribution is 7.09. The number of thiophene rings is 1. The zero-order valence-corrected chi connectivity index (χ0v) is 28.7. The Morgan fingerprint density at radius 3 is 2.10 bits per heavy atom. The number of carbonyl (C=O) groups excluding carboxylic acids is 3. The van der Waals surface area contributed by atoms with E-state index < -0.39 is 12.1 Å². The SMILES string of the molecule is CN(C(=O)/C=C/CC1(N)CCC1)C(Cc1ccc(-c2ccccc2)cc1)C(=O)N(C)C(Cc1cccs1)C(=O)NCCc1ccccc1. The second-order valence-electron chi connectivity index (χ2n) is 12.8. The van der Waals surface area contributed by atoms with Crippen LogP contribution < -0.4 is 11.1 Å². The third kappa shape index (κ3) is 9.30. The van der Waals surface area contributed by atoms with Crippen molar-refractivity contribution < 1.29 is 14.4 Å². The van der Waals surface area contributed by atoms with Crippen LogP contribution in [0.1, 0.15) is 41.7 Å². The monoisotopic (exact) mass is 662 g/mol. The lowest BCUT2D eigenvalue weighted by Crippen LogP contribution is -2.56. The molecule has 4 aromatic rings. The number of likely N-dealkylation sites (N-methyl/N-ethyl adjacent to an activating group) is 2. The Kier molecular flexibility index (Phi) is 12.0. The Morgan fingerprint density at radius 1 is 0.812 bits per heavy atom. The second-order valence-corrected chi connectivity index (χ2v) is 13.9. The van der Waals surface area contributed by atoms with Crippen molar-refractivity contribution in [1.82, 2.24) is 15.1 Å². The fourth-order valence-corrected chi connectivity index (χ4v) is 6.83. The maximum atomic E-state index is 14.5. The molecule has 0 aliphatic heterocycles. The van der Waals surface area contributed by atoms with Gasteiger partial charge in [0.25, 0.3) is 0 Å². The quantitative estimate of drug-likeness (QED) is 0.152. The maximum absolute atomic E-state index is 14.5. The van der Waals surface area contributed by atoms with Crippen molar-refractivity contribution in [2.45, 2.75) is 62.6 Å². The van der Waals surface area contributed by atoms with Gasteiger partial charge in [0, 0.05) is 43.9 Å². The summed E-state index contributed by atoms with van der Waals surface area (Å²) in [4.78, 5) is 45.7. The molecule has 1 aromatic heterocycles. The van der Waals surface area contributed by atoms with Crippen molar-refractivity contribution in [2.24, 2.45) is 5.73 Å². The standard InChI is InChI=1S/C40H46N4O3S/c1-43(37(45)17-9-23-40(41)24-11-25-40)36(28-31-18-20-33(21-19-31)32-14-7-4-8-15-32)39(47)44(2)35(29-34-16-10-27-48-34)38(46)42-26-22-30-12-5-3-6-13-30/h3-10,12-21,27,35-36H,11,22-26,28-29,41H2,1-2H3,(H,42,46)/b17-9+. The molecule has 1 aliphatic carbocycles. The van der Waals surface area contributed by atoms with E-state index in [9.17, 15) is 14.4 Å². The number of amides is 3. The number of carbonyl (C=O) groups is 3. The van der Waals surface area contributed by atoms with Gasteiger partial charge in [0.2, 0.25) is 17.7 Å². The van der Waals surface area contributed by atoms with E-state index in [2.05, 4.69) is 17.4 Å². The van der Waals surface area contributed by atoms with Gasteiger partial charge >= 0.3 is 0 Å². The van der Waals surface area contributed by atoms with Gasteiger partial charge in [-0.15, -0.1) is 11.3 Å². The van der Waals surface area contributed by atoms with Gasteiger partial charge in [0.15, 0.2) is 0 Å². The first-order valence-corrected chi connectivity index (χ1v) is 17.6. The summed E-state index contributed by atoms with van der Waals surface area (Å²) in [6.45, 7) is 0.453. The van der Waals surface area contributed by atoms with Gasteiger partial charge in [-0.1, -0.05) is 97.1 Å². The number of hydrogen-bond acceptors (Lipinski definition) is 5. The summed E-state index contributed by atoms with van der Waals surface area (Å²) in [7, 11) is 3.34. The Morgan fingerprint density at radius 2 is 1.48 bits per heavy atom. The summed E-state index contributed by atoms with van der Waals surface area (Å²) in [5.74, 6) is -0.781. The number of nitrogens with one attached hydrogen (secondary N) is 1. The molecule has 0 saturated heterocycles. The summed E-state index contributed by atoms with van der Waals surface area (Å²) in [5.41, 5.74) is 10.4.